The van der Waals surface area contributed by atoms with Gasteiger partial charge in [-0.25, -0.2) is 0 Å². The summed E-state index contributed by atoms with van der Waals surface area (Å²) >= 11 is 0. The number of hydrogen-bond donors (Lipinski definition) is 1. The Labute approximate surface area is 165 Å². The number of amides is 1. The number of carbonyl (C=O) groups is 1. The minimum absolute atomic E-state index is 0.130. The molecule has 5 rings (SSSR count). The molecular weight excluding hydrogens is 348 g/mol. The molecule has 2 bridgehead atoms. The minimum Gasteiger partial charge on any atom is -0.496 e. The Kier molecular flexibility index (Phi) is 4.34. The molecule has 144 valence electrons. The average Bonchev–Trinajstić information content (AvgIpc) is 3.28. The topological polar surface area (TPSA) is 45.3 Å². The number of H-pyrrole nitrogens is 1. The Morgan fingerprint density at radius 2 is 1.86 bits per heavy atom. The summed E-state index contributed by atoms with van der Waals surface area (Å²) in [5, 5.41) is 1.05. The number of rotatable bonds is 4. The predicted molar refractivity (Wildman–Crippen MR) is 111 cm³/mol. The molecule has 0 spiro atoms. The molecule has 0 radical (unpaired) electrons. The third kappa shape index (κ3) is 2.97. The van der Waals surface area contributed by atoms with Gasteiger partial charge < -0.3 is 14.6 Å². The van der Waals surface area contributed by atoms with Crippen LogP contribution in [0.3, 0.4) is 0 Å². The monoisotopic (exact) mass is 374 g/mol. The van der Waals surface area contributed by atoms with Crippen molar-refractivity contribution in [3.8, 4) is 5.75 Å². The fourth-order valence-electron chi connectivity index (χ4n) is 5.29. The van der Waals surface area contributed by atoms with E-state index in [1.807, 2.05) is 24.4 Å². The molecule has 4 heteroatoms. The molecule has 3 heterocycles. The Bertz CT molecular complexity index is 980. The Hall–Kier alpha value is -2.75. The molecule has 0 aliphatic carbocycles. The number of aromatic amines is 1. The van der Waals surface area contributed by atoms with Crippen LogP contribution in [0.2, 0.25) is 0 Å². The third-order valence-electron chi connectivity index (χ3n) is 6.54. The lowest BCUT2D eigenvalue weighted by molar-refractivity contribution is 0.0521. The number of benzene rings is 2. The van der Waals surface area contributed by atoms with Gasteiger partial charge in [0.15, 0.2) is 0 Å². The number of piperidine rings is 1. The molecule has 1 N–H and O–H groups in total. The highest BCUT2D eigenvalue weighted by atomic mass is 16.5. The first-order chi connectivity index (χ1) is 13.7. The van der Waals surface area contributed by atoms with Crippen molar-refractivity contribution >= 4 is 16.8 Å². The van der Waals surface area contributed by atoms with E-state index >= 15 is 0 Å². The molecule has 1 amide bonds. The minimum atomic E-state index is 0.130. The van der Waals surface area contributed by atoms with Crippen molar-refractivity contribution < 1.29 is 9.53 Å². The highest BCUT2D eigenvalue weighted by Gasteiger charge is 2.43. The lowest BCUT2D eigenvalue weighted by atomic mass is 9.85. The molecule has 1 aromatic heterocycles. The van der Waals surface area contributed by atoms with Gasteiger partial charge in [0.1, 0.15) is 5.75 Å². The standard InChI is InChI=1S/C24H26N2O2/c1-28-23-15-22-18(9-10-25-22)14-21(23)24(27)26-19-7-8-20(26)13-17(12-19)11-16-5-3-2-4-6-16/h2-6,9-10,14-15,17,19-20,25H,7-8,11-13H2,1H3. The van der Waals surface area contributed by atoms with Crippen molar-refractivity contribution in [3.05, 3.63) is 65.9 Å². The molecule has 0 saturated carbocycles. The predicted octanol–water partition coefficient (Wildman–Crippen LogP) is 4.80. The quantitative estimate of drug-likeness (QED) is 0.713. The van der Waals surface area contributed by atoms with E-state index < -0.39 is 0 Å². The average molecular weight is 374 g/mol. The van der Waals surface area contributed by atoms with Gasteiger partial charge in [-0.3, -0.25) is 4.79 Å². The second-order valence-electron chi connectivity index (χ2n) is 8.24. The molecule has 2 atom stereocenters. The van der Waals surface area contributed by atoms with Crippen molar-refractivity contribution in [3.63, 3.8) is 0 Å². The maximum atomic E-state index is 13.5. The second kappa shape index (κ2) is 7.01. The van der Waals surface area contributed by atoms with E-state index in [-0.39, 0.29) is 5.91 Å². The van der Waals surface area contributed by atoms with Gasteiger partial charge in [0, 0.05) is 35.2 Å². The van der Waals surface area contributed by atoms with Crippen LogP contribution in [-0.4, -0.2) is 35.0 Å². The molecule has 2 saturated heterocycles. The molecule has 2 fully saturated rings. The third-order valence-corrected chi connectivity index (χ3v) is 6.54. The summed E-state index contributed by atoms with van der Waals surface area (Å²) in [4.78, 5) is 18.9. The fraction of sp³-hybridized carbons (Fsp3) is 0.375. The molecule has 2 aliphatic heterocycles. The van der Waals surface area contributed by atoms with Crippen molar-refractivity contribution in [1.82, 2.24) is 9.88 Å². The Balaban J connectivity index is 1.38. The zero-order chi connectivity index (χ0) is 19.1. The van der Waals surface area contributed by atoms with Crippen molar-refractivity contribution in [1.29, 1.82) is 0 Å². The molecule has 2 aliphatic rings. The first-order valence-corrected chi connectivity index (χ1v) is 10.2. The van der Waals surface area contributed by atoms with Crippen LogP contribution < -0.4 is 4.74 Å². The van der Waals surface area contributed by atoms with E-state index in [0.717, 1.165) is 43.0 Å². The van der Waals surface area contributed by atoms with Gasteiger partial charge in [-0.15, -0.1) is 0 Å². The van der Waals surface area contributed by atoms with Crippen LogP contribution in [0.15, 0.2) is 54.7 Å². The molecule has 2 unspecified atom stereocenters. The summed E-state index contributed by atoms with van der Waals surface area (Å²) in [6, 6.07) is 17.4. The number of carbonyl (C=O) groups excluding carboxylic acids is 1. The molecule has 4 nitrogen and oxygen atoms in total. The van der Waals surface area contributed by atoms with E-state index in [0.29, 0.717) is 29.3 Å². The summed E-state index contributed by atoms with van der Waals surface area (Å²) in [6.07, 6.45) is 7.47. The van der Waals surface area contributed by atoms with Crippen LogP contribution in [0.4, 0.5) is 0 Å². The number of hydrogen-bond acceptors (Lipinski definition) is 2. The van der Waals surface area contributed by atoms with Gasteiger partial charge in [-0.1, -0.05) is 30.3 Å². The van der Waals surface area contributed by atoms with E-state index in [1.54, 1.807) is 7.11 Å². The van der Waals surface area contributed by atoms with Crippen LogP contribution in [0.5, 0.6) is 5.75 Å². The number of nitrogens with zero attached hydrogens (tertiary/aromatic N) is 1. The maximum absolute atomic E-state index is 13.5. The highest BCUT2D eigenvalue weighted by molar-refractivity contribution is 6.01. The summed E-state index contributed by atoms with van der Waals surface area (Å²) < 4.78 is 5.56. The van der Waals surface area contributed by atoms with Gasteiger partial charge in [0.05, 0.1) is 12.7 Å². The Morgan fingerprint density at radius 1 is 1.11 bits per heavy atom. The normalized spacial score (nSPS) is 23.9. The SMILES string of the molecule is COc1cc2[nH]ccc2cc1C(=O)N1C2CCC1CC(Cc1ccccc1)C2. The number of aromatic nitrogens is 1. The van der Waals surface area contributed by atoms with Gasteiger partial charge in [0.25, 0.3) is 5.91 Å². The summed E-state index contributed by atoms with van der Waals surface area (Å²) in [5.41, 5.74) is 3.09. The van der Waals surface area contributed by atoms with E-state index in [9.17, 15) is 4.79 Å². The summed E-state index contributed by atoms with van der Waals surface area (Å²) in [7, 11) is 1.64. The first-order valence-electron chi connectivity index (χ1n) is 10.2. The van der Waals surface area contributed by atoms with Crippen LogP contribution in [0.25, 0.3) is 10.9 Å². The number of fused-ring (bicyclic) bond motifs is 3. The lowest BCUT2D eigenvalue weighted by Gasteiger charge is -2.39. The zero-order valence-electron chi connectivity index (χ0n) is 16.2. The van der Waals surface area contributed by atoms with Crippen molar-refractivity contribution in [2.24, 2.45) is 5.92 Å². The van der Waals surface area contributed by atoms with E-state index in [1.165, 1.54) is 5.56 Å². The largest absolute Gasteiger partial charge is 0.496 e. The lowest BCUT2D eigenvalue weighted by Crippen LogP contribution is -2.47. The van der Waals surface area contributed by atoms with E-state index in [4.69, 9.17) is 4.74 Å². The van der Waals surface area contributed by atoms with E-state index in [2.05, 4.69) is 40.2 Å². The second-order valence-corrected chi connectivity index (χ2v) is 8.24. The molecule has 3 aromatic rings. The fourth-order valence-corrected chi connectivity index (χ4v) is 5.29. The first kappa shape index (κ1) is 17.4. The van der Waals surface area contributed by atoms with Gasteiger partial charge >= 0.3 is 0 Å². The van der Waals surface area contributed by atoms with Crippen molar-refractivity contribution in [2.75, 3.05) is 7.11 Å². The number of ether oxygens (including phenoxy) is 1. The molecule has 2 aromatic carbocycles. The summed E-state index contributed by atoms with van der Waals surface area (Å²) in [6.45, 7) is 0. The summed E-state index contributed by atoms with van der Waals surface area (Å²) in [5.74, 6) is 1.45. The van der Waals surface area contributed by atoms with Crippen molar-refractivity contribution in [2.45, 2.75) is 44.2 Å². The molecule has 28 heavy (non-hydrogen) atoms. The Morgan fingerprint density at radius 3 is 2.57 bits per heavy atom. The maximum Gasteiger partial charge on any atom is 0.258 e. The number of nitrogens with one attached hydrogen (secondary N) is 1. The van der Waals surface area contributed by atoms with Crippen LogP contribution >= 0.6 is 0 Å². The van der Waals surface area contributed by atoms with Crippen LogP contribution in [-0.2, 0) is 6.42 Å². The smallest absolute Gasteiger partial charge is 0.258 e. The van der Waals surface area contributed by atoms with Crippen LogP contribution in [0, 0.1) is 5.92 Å². The van der Waals surface area contributed by atoms with Gasteiger partial charge in [-0.2, -0.15) is 0 Å². The zero-order valence-corrected chi connectivity index (χ0v) is 16.2. The van der Waals surface area contributed by atoms with Gasteiger partial charge in [-0.05, 0) is 55.7 Å². The van der Waals surface area contributed by atoms with Crippen LogP contribution in [0.1, 0.15) is 41.6 Å². The number of methoxy groups -OCH3 is 1. The van der Waals surface area contributed by atoms with Gasteiger partial charge in [0.2, 0.25) is 0 Å². The molecular formula is C24H26N2O2. The highest BCUT2D eigenvalue weighted by Crippen LogP contribution is 2.41.